The number of hydrogen-bond acceptors (Lipinski definition) is 3. The number of aromatic nitrogens is 1. The number of nitrogens with zero attached hydrogens (tertiary/aromatic N) is 1. The topological polar surface area (TPSA) is 34.2 Å². The Hall–Kier alpha value is -0.930. The zero-order chi connectivity index (χ0) is 10.4. The van der Waals surface area contributed by atoms with E-state index in [9.17, 15) is 0 Å². The Morgan fingerprint density at radius 1 is 1.50 bits per heavy atom. The molecule has 0 radical (unpaired) electrons. The molecule has 0 aliphatic carbocycles. The van der Waals surface area contributed by atoms with Crippen LogP contribution < -0.4 is 5.32 Å². The minimum Gasteiger partial charge on any atom is -0.380 e. The molecule has 0 spiro atoms. The maximum Gasteiger partial charge on any atom is 0.0699 e. The zero-order valence-electron chi connectivity index (χ0n) is 9.03. The quantitative estimate of drug-likeness (QED) is 0.766. The molecule has 3 nitrogen and oxygen atoms in total. The molecule has 0 aromatic carbocycles. The van der Waals surface area contributed by atoms with E-state index in [0.717, 1.165) is 12.1 Å². The second-order valence-electron chi connectivity index (χ2n) is 3.36. The molecule has 78 valence electrons. The molecule has 3 heteroatoms. The lowest BCUT2D eigenvalue weighted by molar-refractivity contribution is 0.0854. The molecule has 1 aromatic heterocycles. The zero-order valence-corrected chi connectivity index (χ0v) is 9.03. The fraction of sp³-hybridized carbons (Fsp3) is 0.545. The number of rotatable bonds is 5. The second kappa shape index (κ2) is 5.73. The minimum atomic E-state index is 0.196. The monoisotopic (exact) mass is 194 g/mol. The van der Waals surface area contributed by atoms with Gasteiger partial charge in [0.15, 0.2) is 0 Å². The van der Waals surface area contributed by atoms with Gasteiger partial charge in [0.25, 0.3) is 0 Å². The SMILES string of the molecule is CNC(Cc1ccccn1)C(C)OC. The number of ether oxygens (including phenoxy) is 1. The van der Waals surface area contributed by atoms with Crippen molar-refractivity contribution in [2.24, 2.45) is 0 Å². The Labute approximate surface area is 85.5 Å². The fourth-order valence-electron chi connectivity index (χ4n) is 1.41. The molecule has 0 bridgehead atoms. The first-order valence-corrected chi connectivity index (χ1v) is 4.88. The lowest BCUT2D eigenvalue weighted by Crippen LogP contribution is -2.38. The van der Waals surface area contributed by atoms with Crippen LogP contribution in [0.2, 0.25) is 0 Å². The van der Waals surface area contributed by atoms with E-state index in [0.29, 0.717) is 6.04 Å². The molecule has 2 atom stereocenters. The molecular weight excluding hydrogens is 176 g/mol. The number of nitrogens with one attached hydrogen (secondary N) is 1. The number of pyridine rings is 1. The van der Waals surface area contributed by atoms with Crippen LogP contribution in [-0.4, -0.2) is 31.3 Å². The molecule has 0 aliphatic heterocycles. The van der Waals surface area contributed by atoms with Gasteiger partial charge in [0.2, 0.25) is 0 Å². The van der Waals surface area contributed by atoms with E-state index in [4.69, 9.17) is 4.74 Å². The lowest BCUT2D eigenvalue weighted by atomic mass is 10.1. The average molecular weight is 194 g/mol. The van der Waals surface area contributed by atoms with Gasteiger partial charge < -0.3 is 10.1 Å². The van der Waals surface area contributed by atoms with Crippen molar-refractivity contribution in [1.82, 2.24) is 10.3 Å². The average Bonchev–Trinajstić information content (AvgIpc) is 2.26. The van der Waals surface area contributed by atoms with Gasteiger partial charge in [-0.3, -0.25) is 4.98 Å². The third-order valence-corrected chi connectivity index (χ3v) is 2.46. The molecule has 1 aromatic rings. The molecule has 2 unspecified atom stereocenters. The van der Waals surface area contributed by atoms with Crippen molar-refractivity contribution in [3.8, 4) is 0 Å². The summed E-state index contributed by atoms with van der Waals surface area (Å²) >= 11 is 0. The number of likely N-dealkylation sites (N-methyl/N-ethyl adjacent to an activating group) is 1. The minimum absolute atomic E-state index is 0.196. The van der Waals surface area contributed by atoms with Crippen molar-refractivity contribution >= 4 is 0 Å². The maximum absolute atomic E-state index is 5.29. The summed E-state index contributed by atoms with van der Waals surface area (Å²) in [5.41, 5.74) is 1.09. The standard InChI is InChI=1S/C11H18N2O/c1-9(14-3)11(12-2)8-10-6-4-5-7-13-10/h4-7,9,11-12H,8H2,1-3H3. The van der Waals surface area contributed by atoms with E-state index in [-0.39, 0.29) is 6.10 Å². The van der Waals surface area contributed by atoms with Gasteiger partial charge in [-0.1, -0.05) is 6.07 Å². The van der Waals surface area contributed by atoms with E-state index in [1.807, 2.05) is 31.4 Å². The van der Waals surface area contributed by atoms with Crippen molar-refractivity contribution in [2.45, 2.75) is 25.5 Å². The summed E-state index contributed by atoms with van der Waals surface area (Å²) in [5, 5.41) is 3.24. The van der Waals surface area contributed by atoms with E-state index >= 15 is 0 Å². The Kier molecular flexibility index (Phi) is 4.56. The molecule has 0 amide bonds. The summed E-state index contributed by atoms with van der Waals surface area (Å²) in [6, 6.07) is 6.28. The molecule has 0 fully saturated rings. The van der Waals surface area contributed by atoms with Gasteiger partial charge >= 0.3 is 0 Å². The van der Waals surface area contributed by atoms with Crippen molar-refractivity contribution < 1.29 is 4.74 Å². The third kappa shape index (κ3) is 3.09. The summed E-state index contributed by atoms with van der Waals surface area (Å²) in [5.74, 6) is 0. The summed E-state index contributed by atoms with van der Waals surface area (Å²) in [7, 11) is 3.68. The number of methoxy groups -OCH3 is 1. The highest BCUT2D eigenvalue weighted by molar-refractivity contribution is 5.05. The molecule has 0 aliphatic rings. The fourth-order valence-corrected chi connectivity index (χ4v) is 1.41. The Morgan fingerprint density at radius 2 is 2.29 bits per heavy atom. The smallest absolute Gasteiger partial charge is 0.0699 e. The van der Waals surface area contributed by atoms with Crippen LogP contribution in [-0.2, 0) is 11.2 Å². The second-order valence-corrected chi connectivity index (χ2v) is 3.36. The van der Waals surface area contributed by atoms with E-state index in [1.54, 1.807) is 7.11 Å². The molecule has 0 saturated heterocycles. The van der Waals surface area contributed by atoms with Crippen LogP contribution in [0.4, 0.5) is 0 Å². The predicted octanol–water partition coefficient (Wildman–Crippen LogP) is 1.25. The summed E-state index contributed by atoms with van der Waals surface area (Å²) in [6.07, 6.45) is 2.91. The van der Waals surface area contributed by atoms with Crippen LogP contribution in [0, 0.1) is 0 Å². The van der Waals surface area contributed by atoms with E-state index in [1.165, 1.54) is 0 Å². The molecular formula is C11H18N2O. The van der Waals surface area contributed by atoms with Crippen LogP contribution in [0.1, 0.15) is 12.6 Å². The summed E-state index contributed by atoms with van der Waals surface area (Å²) in [4.78, 5) is 4.29. The van der Waals surface area contributed by atoms with Crippen LogP contribution >= 0.6 is 0 Å². The first-order valence-electron chi connectivity index (χ1n) is 4.88. The van der Waals surface area contributed by atoms with Gasteiger partial charge in [0.1, 0.15) is 0 Å². The summed E-state index contributed by atoms with van der Waals surface area (Å²) < 4.78 is 5.29. The highest BCUT2D eigenvalue weighted by atomic mass is 16.5. The van der Waals surface area contributed by atoms with Crippen LogP contribution in [0.5, 0.6) is 0 Å². The number of hydrogen-bond donors (Lipinski definition) is 1. The lowest BCUT2D eigenvalue weighted by Gasteiger charge is -2.21. The van der Waals surface area contributed by atoms with Gasteiger partial charge in [0.05, 0.1) is 6.10 Å². The van der Waals surface area contributed by atoms with Crippen LogP contribution in [0.15, 0.2) is 24.4 Å². The van der Waals surface area contributed by atoms with Crippen molar-refractivity contribution in [3.63, 3.8) is 0 Å². The Bertz CT molecular complexity index is 251. The molecule has 1 N–H and O–H groups in total. The van der Waals surface area contributed by atoms with Crippen LogP contribution in [0.3, 0.4) is 0 Å². The third-order valence-electron chi connectivity index (χ3n) is 2.46. The van der Waals surface area contributed by atoms with Crippen LogP contribution in [0.25, 0.3) is 0 Å². The van der Waals surface area contributed by atoms with E-state index < -0.39 is 0 Å². The molecule has 0 saturated carbocycles. The summed E-state index contributed by atoms with van der Waals surface area (Å²) in [6.45, 7) is 2.06. The van der Waals surface area contributed by atoms with Gasteiger partial charge in [-0.25, -0.2) is 0 Å². The van der Waals surface area contributed by atoms with E-state index in [2.05, 4.69) is 17.2 Å². The predicted molar refractivity (Wildman–Crippen MR) is 57.3 cm³/mol. The van der Waals surface area contributed by atoms with Gasteiger partial charge in [-0.05, 0) is 26.1 Å². The molecule has 1 rings (SSSR count). The Balaban J connectivity index is 2.57. The Morgan fingerprint density at radius 3 is 2.79 bits per heavy atom. The molecule has 1 heterocycles. The molecule has 14 heavy (non-hydrogen) atoms. The van der Waals surface area contributed by atoms with Crippen molar-refractivity contribution in [1.29, 1.82) is 0 Å². The highest BCUT2D eigenvalue weighted by Gasteiger charge is 2.15. The normalized spacial score (nSPS) is 15.1. The van der Waals surface area contributed by atoms with Crippen molar-refractivity contribution in [2.75, 3.05) is 14.2 Å². The van der Waals surface area contributed by atoms with Gasteiger partial charge in [0, 0.05) is 31.5 Å². The van der Waals surface area contributed by atoms with Crippen molar-refractivity contribution in [3.05, 3.63) is 30.1 Å². The maximum atomic E-state index is 5.29. The largest absolute Gasteiger partial charge is 0.380 e. The first-order chi connectivity index (χ1) is 6.77. The first kappa shape index (κ1) is 11.1. The van der Waals surface area contributed by atoms with Gasteiger partial charge in [-0.2, -0.15) is 0 Å². The van der Waals surface area contributed by atoms with Gasteiger partial charge in [-0.15, -0.1) is 0 Å². The highest BCUT2D eigenvalue weighted by Crippen LogP contribution is 2.04.